The van der Waals surface area contributed by atoms with Gasteiger partial charge in [0, 0.05) is 0 Å². The van der Waals surface area contributed by atoms with Crippen molar-refractivity contribution in [3.8, 4) is 33.4 Å². The first-order valence-electron chi connectivity index (χ1n) is 19.1. The van der Waals surface area contributed by atoms with E-state index >= 15 is 0 Å². The van der Waals surface area contributed by atoms with E-state index in [4.69, 9.17) is 0 Å². The van der Waals surface area contributed by atoms with Crippen LogP contribution in [0.2, 0.25) is 26.2 Å². The second kappa shape index (κ2) is 13.6. The van der Waals surface area contributed by atoms with Crippen LogP contribution < -0.4 is 20.7 Å². The summed E-state index contributed by atoms with van der Waals surface area (Å²) >= 11 is 0. The molecule has 0 heterocycles. The van der Waals surface area contributed by atoms with Crippen molar-refractivity contribution in [1.82, 2.24) is 0 Å². The zero-order valence-corrected chi connectivity index (χ0v) is 33.5. The van der Waals surface area contributed by atoms with E-state index in [0.29, 0.717) is 0 Å². The summed E-state index contributed by atoms with van der Waals surface area (Å²) in [7, 11) is -3.78. The topological polar surface area (TPSA) is 0 Å². The van der Waals surface area contributed by atoms with Crippen LogP contribution in [0.4, 0.5) is 0 Å². The van der Waals surface area contributed by atoms with E-state index in [9.17, 15) is 0 Å². The lowest BCUT2D eigenvalue weighted by Gasteiger charge is -2.25. The predicted octanol–water partition coefficient (Wildman–Crippen LogP) is 11.8. The Balaban J connectivity index is 1.21. The average molecular weight is 725 g/mol. The SMILES string of the molecule is C[Si](C)(c1ccccc1)c1ccc(-c2c3ccccc3c(-c3ccc([Si](C)(C)c4ccc5ccccc5c4)cc3)c3ccc(-c4ccccc4)cc23)cc1. The standard InChI is InChI=1S/C52H44Si2/c1-53(2,43-19-9-6-10-20-43)44-29-26-40(27-30-44)52-48-22-14-13-21-47(48)51(49-34-28-42(36-50(49)52)37-15-7-5-8-16-37)39-24-31-45(32-25-39)54(3,4)46-33-23-38-17-11-12-18-41(38)35-46/h5-36H,1-4H3. The number of fused-ring (bicyclic) bond motifs is 3. The first kappa shape index (κ1) is 34.0. The van der Waals surface area contributed by atoms with Crippen LogP contribution >= 0.6 is 0 Å². The fraction of sp³-hybridized carbons (Fsp3) is 0.0769. The normalized spacial score (nSPS) is 12.1. The lowest BCUT2D eigenvalue weighted by molar-refractivity contribution is 1.63. The smallest absolute Gasteiger partial charge is 0.0626 e. The van der Waals surface area contributed by atoms with Crippen LogP contribution in [0.5, 0.6) is 0 Å². The van der Waals surface area contributed by atoms with Gasteiger partial charge in [-0.25, -0.2) is 0 Å². The Morgan fingerprint density at radius 2 is 0.685 bits per heavy atom. The highest BCUT2D eigenvalue weighted by Crippen LogP contribution is 2.44. The number of hydrogen-bond acceptors (Lipinski definition) is 0. The van der Waals surface area contributed by atoms with Gasteiger partial charge in [0.2, 0.25) is 0 Å². The largest absolute Gasteiger partial charge is 0.112 e. The zero-order chi connectivity index (χ0) is 36.9. The number of rotatable bonds is 7. The summed E-state index contributed by atoms with van der Waals surface area (Å²) in [5.74, 6) is 0. The molecule has 0 atom stereocenters. The highest BCUT2D eigenvalue weighted by Gasteiger charge is 2.28. The maximum atomic E-state index is 2.48. The van der Waals surface area contributed by atoms with E-state index < -0.39 is 16.1 Å². The molecule has 54 heavy (non-hydrogen) atoms. The van der Waals surface area contributed by atoms with Crippen LogP contribution in [0.3, 0.4) is 0 Å². The molecule has 0 aromatic heterocycles. The Bertz CT molecular complexity index is 2780. The van der Waals surface area contributed by atoms with Crippen LogP contribution in [-0.2, 0) is 0 Å². The van der Waals surface area contributed by atoms with Gasteiger partial charge in [-0.05, 0) is 71.8 Å². The summed E-state index contributed by atoms with van der Waals surface area (Å²) < 4.78 is 0. The van der Waals surface area contributed by atoms with E-state index in [2.05, 4.69) is 220 Å². The van der Waals surface area contributed by atoms with Gasteiger partial charge >= 0.3 is 0 Å². The van der Waals surface area contributed by atoms with E-state index in [-0.39, 0.29) is 0 Å². The van der Waals surface area contributed by atoms with Crippen molar-refractivity contribution in [2.45, 2.75) is 26.2 Å². The Hall–Kier alpha value is -5.81. The summed E-state index contributed by atoms with van der Waals surface area (Å²) in [6.45, 7) is 9.87. The molecule has 0 unspecified atom stereocenters. The lowest BCUT2D eigenvalue weighted by atomic mass is 9.85. The quantitative estimate of drug-likeness (QED) is 0.113. The molecular weight excluding hydrogens is 681 g/mol. The van der Waals surface area contributed by atoms with Crippen LogP contribution in [0.25, 0.3) is 65.7 Å². The minimum Gasteiger partial charge on any atom is -0.0626 e. The molecule has 0 amide bonds. The van der Waals surface area contributed by atoms with Crippen molar-refractivity contribution in [2.75, 3.05) is 0 Å². The minimum atomic E-state index is -1.94. The van der Waals surface area contributed by atoms with Crippen molar-refractivity contribution < 1.29 is 0 Å². The van der Waals surface area contributed by atoms with Gasteiger partial charge in [0.05, 0.1) is 0 Å². The Morgan fingerprint density at radius 3 is 1.30 bits per heavy atom. The molecule has 0 bridgehead atoms. The molecule has 0 aliphatic rings. The maximum absolute atomic E-state index is 2.48. The monoisotopic (exact) mass is 724 g/mol. The molecule has 260 valence electrons. The van der Waals surface area contributed by atoms with Gasteiger partial charge in [-0.1, -0.05) is 235 Å². The molecule has 0 aliphatic carbocycles. The molecule has 0 aliphatic heterocycles. The summed E-state index contributed by atoms with van der Waals surface area (Å²) in [6, 6.07) is 72.8. The number of benzene rings is 9. The van der Waals surface area contributed by atoms with Gasteiger partial charge in [0.1, 0.15) is 16.1 Å². The summed E-state index contributed by atoms with van der Waals surface area (Å²) in [5.41, 5.74) is 7.58. The highest BCUT2D eigenvalue weighted by atomic mass is 28.3. The maximum Gasteiger partial charge on any atom is 0.112 e. The van der Waals surface area contributed by atoms with Gasteiger partial charge in [0.25, 0.3) is 0 Å². The summed E-state index contributed by atoms with van der Waals surface area (Å²) in [6.07, 6.45) is 0. The second-order valence-corrected chi connectivity index (χ2v) is 24.6. The van der Waals surface area contributed by atoms with E-state index in [0.717, 1.165) is 0 Å². The molecule has 0 fully saturated rings. The highest BCUT2D eigenvalue weighted by molar-refractivity contribution is 7.01. The van der Waals surface area contributed by atoms with Gasteiger partial charge < -0.3 is 0 Å². The fourth-order valence-electron chi connectivity index (χ4n) is 8.48. The number of hydrogen-bond donors (Lipinski definition) is 0. The molecule has 9 aromatic rings. The van der Waals surface area contributed by atoms with Crippen LogP contribution in [0.1, 0.15) is 0 Å². The minimum absolute atomic E-state index is 1.23. The molecule has 2 heteroatoms. The first-order chi connectivity index (χ1) is 26.3. The van der Waals surface area contributed by atoms with Gasteiger partial charge in [-0.15, -0.1) is 0 Å². The molecule has 0 N–H and O–H groups in total. The lowest BCUT2D eigenvalue weighted by Crippen LogP contribution is -2.52. The summed E-state index contributed by atoms with van der Waals surface area (Å²) in [4.78, 5) is 0. The average Bonchev–Trinajstić information content (AvgIpc) is 3.23. The van der Waals surface area contributed by atoms with Crippen molar-refractivity contribution in [1.29, 1.82) is 0 Å². The fourth-order valence-corrected chi connectivity index (χ4v) is 13.2. The first-order valence-corrected chi connectivity index (χ1v) is 25.1. The molecule has 0 saturated heterocycles. The van der Waals surface area contributed by atoms with Crippen LogP contribution in [0.15, 0.2) is 194 Å². The summed E-state index contributed by atoms with van der Waals surface area (Å²) in [5, 5.41) is 13.6. The van der Waals surface area contributed by atoms with E-state index in [1.54, 1.807) is 0 Å². The predicted molar refractivity (Wildman–Crippen MR) is 242 cm³/mol. The van der Waals surface area contributed by atoms with Gasteiger partial charge in [-0.3, -0.25) is 0 Å². The van der Waals surface area contributed by atoms with E-state index in [1.807, 2.05) is 0 Å². The van der Waals surface area contributed by atoms with Gasteiger partial charge in [-0.2, -0.15) is 0 Å². The van der Waals surface area contributed by atoms with Crippen LogP contribution in [0, 0.1) is 0 Å². The zero-order valence-electron chi connectivity index (χ0n) is 31.5. The van der Waals surface area contributed by atoms with Gasteiger partial charge in [0.15, 0.2) is 0 Å². The third-order valence-corrected chi connectivity index (χ3v) is 19.0. The van der Waals surface area contributed by atoms with Crippen molar-refractivity contribution in [3.63, 3.8) is 0 Å². The van der Waals surface area contributed by atoms with Crippen molar-refractivity contribution >= 4 is 69.2 Å². The third kappa shape index (κ3) is 5.92. The van der Waals surface area contributed by atoms with Crippen molar-refractivity contribution in [3.05, 3.63) is 194 Å². The molecule has 0 radical (unpaired) electrons. The third-order valence-electron chi connectivity index (χ3n) is 11.9. The molecule has 0 nitrogen and oxygen atoms in total. The molecular formula is C52H44Si2. The van der Waals surface area contributed by atoms with E-state index in [1.165, 1.54) is 86.4 Å². The Labute approximate surface area is 321 Å². The van der Waals surface area contributed by atoms with Crippen molar-refractivity contribution in [2.24, 2.45) is 0 Å². The Morgan fingerprint density at radius 1 is 0.259 bits per heavy atom. The molecule has 9 rings (SSSR count). The molecule has 0 spiro atoms. The van der Waals surface area contributed by atoms with Crippen LogP contribution in [-0.4, -0.2) is 16.1 Å². The Kier molecular flexibility index (Phi) is 8.53. The molecule has 9 aromatic carbocycles. The molecule has 0 saturated carbocycles. The second-order valence-electron chi connectivity index (χ2n) is 15.8.